The topological polar surface area (TPSA) is 90.6 Å². The molecule has 114 valence electrons. The van der Waals surface area contributed by atoms with Crippen molar-refractivity contribution in [3.05, 3.63) is 35.7 Å². The lowest BCUT2D eigenvalue weighted by Gasteiger charge is -2.09. The van der Waals surface area contributed by atoms with E-state index in [1.54, 1.807) is 36.8 Å². The van der Waals surface area contributed by atoms with Crippen LogP contribution < -0.4 is 15.2 Å². The molecule has 0 aliphatic rings. The smallest absolute Gasteiger partial charge is 0.271 e. The van der Waals surface area contributed by atoms with Crippen LogP contribution in [0.2, 0.25) is 0 Å². The van der Waals surface area contributed by atoms with Crippen LogP contribution in [-0.2, 0) is 14.8 Å². The van der Waals surface area contributed by atoms with Crippen LogP contribution in [0.3, 0.4) is 0 Å². The second-order valence-electron chi connectivity index (χ2n) is 4.17. The van der Waals surface area contributed by atoms with Gasteiger partial charge < -0.3 is 15.2 Å². The Morgan fingerprint density at radius 1 is 1.29 bits per heavy atom. The molecule has 0 atom stereocenters. The van der Waals surface area contributed by atoms with Crippen molar-refractivity contribution in [2.45, 2.75) is 4.21 Å². The molecule has 0 spiro atoms. The summed E-state index contributed by atoms with van der Waals surface area (Å²) in [5.74, 6) is 0.568. The molecule has 2 rings (SSSR count). The molecule has 21 heavy (non-hydrogen) atoms. The van der Waals surface area contributed by atoms with Crippen LogP contribution in [0.1, 0.15) is 0 Å². The molecule has 8 heteroatoms. The number of ether oxygens (including phenoxy) is 2. The average molecular weight is 328 g/mol. The van der Waals surface area contributed by atoms with Crippen molar-refractivity contribution in [2.24, 2.45) is 0 Å². The first-order chi connectivity index (χ1) is 10.0. The Labute approximate surface area is 127 Å². The Balaban J connectivity index is 2.10. The van der Waals surface area contributed by atoms with Gasteiger partial charge in [0.05, 0.1) is 12.3 Å². The summed E-state index contributed by atoms with van der Waals surface area (Å²) >= 11 is 1.07. The van der Waals surface area contributed by atoms with Crippen molar-refractivity contribution in [3.8, 4) is 5.75 Å². The molecule has 1 heterocycles. The number of nitrogens with two attached hydrogens (primary N) is 1. The number of hydrogen-bond donors (Lipinski definition) is 2. The zero-order valence-corrected chi connectivity index (χ0v) is 13.0. The first kappa shape index (κ1) is 15.6. The van der Waals surface area contributed by atoms with E-state index in [4.69, 9.17) is 15.2 Å². The van der Waals surface area contributed by atoms with E-state index in [0.29, 0.717) is 30.3 Å². The van der Waals surface area contributed by atoms with Gasteiger partial charge in [-0.25, -0.2) is 8.42 Å². The van der Waals surface area contributed by atoms with Gasteiger partial charge in [-0.05, 0) is 18.2 Å². The molecular weight excluding hydrogens is 312 g/mol. The number of nitrogens with one attached hydrogen (secondary N) is 1. The number of methoxy groups -OCH3 is 1. The van der Waals surface area contributed by atoms with E-state index in [-0.39, 0.29) is 4.21 Å². The molecule has 0 fully saturated rings. The maximum atomic E-state index is 12.2. The van der Waals surface area contributed by atoms with Gasteiger partial charge in [0, 0.05) is 24.2 Å². The SMILES string of the molecule is COCCOc1cccc(NS(=O)(=O)c2cc(N)cs2)c1. The van der Waals surface area contributed by atoms with Gasteiger partial charge in [-0.2, -0.15) is 0 Å². The number of rotatable bonds is 7. The quantitative estimate of drug-likeness (QED) is 0.760. The normalized spacial score (nSPS) is 11.3. The summed E-state index contributed by atoms with van der Waals surface area (Å²) in [4.78, 5) is 0. The lowest BCUT2D eigenvalue weighted by atomic mass is 10.3. The summed E-state index contributed by atoms with van der Waals surface area (Å²) in [6, 6.07) is 8.15. The van der Waals surface area contributed by atoms with Crippen molar-refractivity contribution < 1.29 is 17.9 Å². The van der Waals surface area contributed by atoms with E-state index in [2.05, 4.69) is 4.72 Å². The van der Waals surface area contributed by atoms with Gasteiger partial charge in [0.25, 0.3) is 10.0 Å². The summed E-state index contributed by atoms with van der Waals surface area (Å²) in [6.45, 7) is 0.860. The van der Waals surface area contributed by atoms with Gasteiger partial charge in [0.1, 0.15) is 16.6 Å². The van der Waals surface area contributed by atoms with Gasteiger partial charge >= 0.3 is 0 Å². The van der Waals surface area contributed by atoms with E-state index >= 15 is 0 Å². The monoisotopic (exact) mass is 328 g/mol. The maximum Gasteiger partial charge on any atom is 0.271 e. The number of benzene rings is 1. The Hall–Kier alpha value is -1.77. The molecule has 0 unspecified atom stereocenters. The van der Waals surface area contributed by atoms with Crippen LogP contribution in [0.25, 0.3) is 0 Å². The lowest BCUT2D eigenvalue weighted by molar-refractivity contribution is 0.146. The molecule has 6 nitrogen and oxygen atoms in total. The summed E-state index contributed by atoms with van der Waals surface area (Å²) in [6.07, 6.45) is 0. The molecule has 1 aromatic carbocycles. The molecule has 1 aromatic heterocycles. The third-order valence-corrected chi connectivity index (χ3v) is 5.34. The number of anilines is 2. The van der Waals surface area contributed by atoms with Gasteiger partial charge in [-0.3, -0.25) is 4.72 Å². The van der Waals surface area contributed by atoms with Crippen molar-refractivity contribution in [3.63, 3.8) is 0 Å². The largest absolute Gasteiger partial charge is 0.491 e. The average Bonchev–Trinajstić information content (AvgIpc) is 2.87. The number of sulfonamides is 1. The second kappa shape index (κ2) is 6.79. The van der Waals surface area contributed by atoms with E-state index in [1.165, 1.54) is 6.07 Å². The Kier molecular flexibility index (Phi) is 5.05. The minimum atomic E-state index is -3.63. The molecular formula is C13H16N2O4S2. The highest BCUT2D eigenvalue weighted by Crippen LogP contribution is 2.25. The first-order valence-electron chi connectivity index (χ1n) is 6.10. The minimum absolute atomic E-state index is 0.172. The summed E-state index contributed by atoms with van der Waals surface area (Å²) < 4.78 is 37.3. The summed E-state index contributed by atoms with van der Waals surface area (Å²) in [5.41, 5.74) is 6.40. The third-order valence-electron chi connectivity index (χ3n) is 2.50. The standard InChI is InChI=1S/C13H16N2O4S2/c1-18-5-6-19-12-4-2-3-11(8-12)15-21(16,17)13-7-10(14)9-20-13/h2-4,7-9,15H,5-6,14H2,1H3. The lowest BCUT2D eigenvalue weighted by Crippen LogP contribution is -2.11. The minimum Gasteiger partial charge on any atom is -0.491 e. The van der Waals surface area contributed by atoms with Crippen molar-refractivity contribution in [1.29, 1.82) is 0 Å². The van der Waals surface area contributed by atoms with Gasteiger partial charge in [-0.15, -0.1) is 11.3 Å². The molecule has 0 radical (unpaired) electrons. The highest BCUT2D eigenvalue weighted by atomic mass is 32.2. The summed E-state index contributed by atoms with van der Waals surface area (Å²) in [7, 11) is -2.04. The van der Waals surface area contributed by atoms with Crippen LogP contribution in [0, 0.1) is 0 Å². The number of hydrogen-bond acceptors (Lipinski definition) is 6. The fourth-order valence-corrected chi connectivity index (χ4v) is 3.70. The molecule has 3 N–H and O–H groups in total. The molecule has 0 bridgehead atoms. The Bertz CT molecular complexity index is 698. The maximum absolute atomic E-state index is 12.2. The van der Waals surface area contributed by atoms with Crippen LogP contribution in [0.15, 0.2) is 39.9 Å². The number of nitrogen functional groups attached to an aromatic ring is 1. The zero-order chi connectivity index (χ0) is 15.3. The van der Waals surface area contributed by atoms with E-state index in [1.807, 2.05) is 0 Å². The van der Waals surface area contributed by atoms with Crippen LogP contribution >= 0.6 is 11.3 Å². The highest BCUT2D eigenvalue weighted by Gasteiger charge is 2.16. The fraction of sp³-hybridized carbons (Fsp3) is 0.231. The molecule has 0 aliphatic carbocycles. The zero-order valence-electron chi connectivity index (χ0n) is 11.4. The van der Waals surface area contributed by atoms with E-state index in [9.17, 15) is 8.42 Å². The predicted molar refractivity (Wildman–Crippen MR) is 83.4 cm³/mol. The predicted octanol–water partition coefficient (Wildman–Crippen LogP) is 2.16. The molecule has 0 amide bonds. The Morgan fingerprint density at radius 2 is 2.10 bits per heavy atom. The van der Waals surface area contributed by atoms with Gasteiger partial charge in [0.15, 0.2) is 0 Å². The van der Waals surface area contributed by atoms with Gasteiger partial charge in [-0.1, -0.05) is 6.07 Å². The van der Waals surface area contributed by atoms with Gasteiger partial charge in [0.2, 0.25) is 0 Å². The van der Waals surface area contributed by atoms with Crippen LogP contribution in [0.4, 0.5) is 11.4 Å². The third kappa shape index (κ3) is 4.35. The van der Waals surface area contributed by atoms with Crippen LogP contribution in [-0.4, -0.2) is 28.7 Å². The van der Waals surface area contributed by atoms with E-state index < -0.39 is 10.0 Å². The molecule has 2 aromatic rings. The molecule has 0 saturated carbocycles. The fourth-order valence-electron chi connectivity index (χ4n) is 1.57. The second-order valence-corrected chi connectivity index (χ2v) is 6.99. The van der Waals surface area contributed by atoms with Crippen molar-refractivity contribution >= 4 is 32.7 Å². The van der Waals surface area contributed by atoms with Crippen molar-refractivity contribution in [1.82, 2.24) is 0 Å². The Morgan fingerprint density at radius 3 is 2.76 bits per heavy atom. The van der Waals surface area contributed by atoms with E-state index in [0.717, 1.165) is 11.3 Å². The summed E-state index contributed by atoms with van der Waals surface area (Å²) in [5, 5.41) is 1.58. The van der Waals surface area contributed by atoms with Crippen LogP contribution in [0.5, 0.6) is 5.75 Å². The molecule has 0 aliphatic heterocycles. The first-order valence-corrected chi connectivity index (χ1v) is 8.46. The van der Waals surface area contributed by atoms with Crippen molar-refractivity contribution in [2.75, 3.05) is 30.8 Å². The number of thiophene rings is 1. The highest BCUT2D eigenvalue weighted by molar-refractivity contribution is 7.94. The molecule has 0 saturated heterocycles.